The quantitative estimate of drug-likeness (QED) is 0.314. The minimum absolute atomic E-state index is 0.0193. The summed E-state index contributed by atoms with van der Waals surface area (Å²) in [5.74, 6) is 1.16. The molecule has 36 heavy (non-hydrogen) atoms. The Bertz CT molecular complexity index is 1490. The van der Waals surface area contributed by atoms with Crippen LogP contribution in [0.15, 0.2) is 52.4 Å². The van der Waals surface area contributed by atoms with E-state index in [2.05, 4.69) is 4.98 Å². The highest BCUT2D eigenvalue weighted by atomic mass is 32.2. The van der Waals surface area contributed by atoms with Crippen LogP contribution in [0.25, 0.3) is 27.6 Å². The van der Waals surface area contributed by atoms with Gasteiger partial charge in [-0.05, 0) is 32.0 Å². The number of hydrogen-bond acceptors (Lipinski definition) is 7. The van der Waals surface area contributed by atoms with Crippen LogP contribution in [-0.4, -0.2) is 70.6 Å². The Balaban J connectivity index is 1.59. The van der Waals surface area contributed by atoms with Crippen molar-refractivity contribution in [2.45, 2.75) is 31.2 Å². The van der Waals surface area contributed by atoms with E-state index in [0.29, 0.717) is 46.5 Å². The van der Waals surface area contributed by atoms with Crippen molar-refractivity contribution < 1.29 is 19.0 Å². The van der Waals surface area contributed by atoms with E-state index in [4.69, 9.17) is 19.2 Å². The van der Waals surface area contributed by atoms with Gasteiger partial charge in [0.15, 0.2) is 16.7 Å². The molecule has 1 fully saturated rings. The number of amides is 1. The minimum atomic E-state index is -0.257. The van der Waals surface area contributed by atoms with Crippen LogP contribution in [0.1, 0.15) is 13.8 Å². The maximum atomic E-state index is 13.8. The van der Waals surface area contributed by atoms with E-state index in [1.807, 2.05) is 43.0 Å². The summed E-state index contributed by atoms with van der Waals surface area (Å²) >= 11 is 1.24. The molecule has 3 heterocycles. The molecule has 188 valence electrons. The van der Waals surface area contributed by atoms with Crippen molar-refractivity contribution in [1.82, 2.24) is 19.4 Å². The van der Waals surface area contributed by atoms with Gasteiger partial charge in [-0.25, -0.2) is 4.98 Å². The van der Waals surface area contributed by atoms with Gasteiger partial charge in [-0.2, -0.15) is 0 Å². The number of fused-ring (bicyclic) bond motifs is 3. The first kappa shape index (κ1) is 24.2. The monoisotopic (exact) mass is 508 g/mol. The van der Waals surface area contributed by atoms with E-state index in [9.17, 15) is 9.59 Å². The third-order valence-corrected chi connectivity index (χ3v) is 7.14. The molecule has 10 heteroatoms. The fourth-order valence-corrected chi connectivity index (χ4v) is 5.54. The standard InChI is InChI=1S/C26H28N4O5S/c1-15-12-29(13-16(2)35-15)22(31)14-36-26-28-23-18-7-5-6-8-19(18)27-24(23)25(32)30(26)17-9-10-20(33-3)21(11-17)34-4/h5-11,15-16,27H,12-14H2,1-4H3. The maximum Gasteiger partial charge on any atom is 0.283 e. The molecule has 5 rings (SSSR count). The fraction of sp³-hybridized carbons (Fsp3) is 0.346. The zero-order chi connectivity index (χ0) is 25.4. The van der Waals surface area contributed by atoms with Crippen LogP contribution in [0.5, 0.6) is 11.5 Å². The van der Waals surface area contributed by atoms with E-state index in [-0.39, 0.29) is 29.4 Å². The zero-order valence-corrected chi connectivity index (χ0v) is 21.4. The Hall–Kier alpha value is -3.50. The van der Waals surface area contributed by atoms with Crippen LogP contribution in [-0.2, 0) is 9.53 Å². The number of carbonyl (C=O) groups excluding carboxylic acids is 1. The van der Waals surface area contributed by atoms with Crippen molar-refractivity contribution in [3.8, 4) is 17.2 Å². The van der Waals surface area contributed by atoms with Gasteiger partial charge in [0.2, 0.25) is 5.91 Å². The number of thioether (sulfide) groups is 1. The van der Waals surface area contributed by atoms with Gasteiger partial charge in [-0.1, -0.05) is 30.0 Å². The summed E-state index contributed by atoms with van der Waals surface area (Å²) in [5, 5.41) is 1.28. The number of rotatable bonds is 6. The smallest absolute Gasteiger partial charge is 0.283 e. The van der Waals surface area contributed by atoms with Crippen molar-refractivity contribution >= 4 is 39.6 Å². The molecule has 2 aromatic heterocycles. The molecule has 2 aromatic carbocycles. The van der Waals surface area contributed by atoms with Crippen LogP contribution in [0.3, 0.4) is 0 Å². The second-order valence-corrected chi connectivity index (χ2v) is 9.76. The van der Waals surface area contributed by atoms with Crippen LogP contribution >= 0.6 is 11.8 Å². The summed E-state index contributed by atoms with van der Waals surface area (Å²) in [7, 11) is 3.10. The fourth-order valence-electron chi connectivity index (χ4n) is 4.63. The van der Waals surface area contributed by atoms with Gasteiger partial charge in [0.05, 0.1) is 37.9 Å². The number of morpholine rings is 1. The van der Waals surface area contributed by atoms with Gasteiger partial charge < -0.3 is 24.1 Å². The number of H-pyrrole nitrogens is 1. The summed E-state index contributed by atoms with van der Waals surface area (Å²) in [6.45, 7) is 5.01. The number of carbonyl (C=O) groups is 1. The Morgan fingerprint density at radius 2 is 1.83 bits per heavy atom. The number of benzene rings is 2. The number of nitrogens with zero attached hydrogens (tertiary/aromatic N) is 3. The first-order chi connectivity index (χ1) is 17.4. The van der Waals surface area contributed by atoms with E-state index in [0.717, 1.165) is 10.9 Å². The van der Waals surface area contributed by atoms with Gasteiger partial charge in [-0.15, -0.1) is 0 Å². The van der Waals surface area contributed by atoms with Crippen LogP contribution < -0.4 is 15.0 Å². The Morgan fingerprint density at radius 1 is 1.11 bits per heavy atom. The number of nitrogens with one attached hydrogen (secondary N) is 1. The topological polar surface area (TPSA) is 98.7 Å². The Morgan fingerprint density at radius 3 is 2.56 bits per heavy atom. The molecule has 2 unspecified atom stereocenters. The average molecular weight is 509 g/mol. The summed E-state index contributed by atoms with van der Waals surface area (Å²) in [4.78, 5) is 36.8. The van der Waals surface area contributed by atoms with Gasteiger partial charge in [0.25, 0.3) is 5.56 Å². The molecule has 0 saturated carbocycles. The molecule has 1 saturated heterocycles. The van der Waals surface area contributed by atoms with Gasteiger partial charge in [0.1, 0.15) is 11.0 Å². The molecule has 1 aliphatic heterocycles. The lowest BCUT2D eigenvalue weighted by molar-refractivity contribution is -0.140. The maximum absolute atomic E-state index is 13.8. The molecule has 2 atom stereocenters. The molecule has 9 nitrogen and oxygen atoms in total. The summed E-state index contributed by atoms with van der Waals surface area (Å²) in [6, 6.07) is 12.9. The average Bonchev–Trinajstić information content (AvgIpc) is 3.25. The highest BCUT2D eigenvalue weighted by molar-refractivity contribution is 7.99. The molecular weight excluding hydrogens is 480 g/mol. The lowest BCUT2D eigenvalue weighted by Gasteiger charge is -2.35. The number of ether oxygens (including phenoxy) is 3. The second-order valence-electron chi connectivity index (χ2n) is 8.81. The number of para-hydroxylation sites is 1. The predicted octanol–water partition coefficient (Wildman–Crippen LogP) is 3.61. The first-order valence-corrected chi connectivity index (χ1v) is 12.7. The van der Waals surface area contributed by atoms with Crippen LogP contribution in [0, 0.1) is 0 Å². The Labute approximate surface area is 212 Å². The van der Waals surface area contributed by atoms with Crippen LogP contribution in [0.2, 0.25) is 0 Å². The summed E-state index contributed by atoms with van der Waals surface area (Å²) in [5.41, 5.74) is 2.11. The first-order valence-electron chi connectivity index (χ1n) is 11.7. The van der Waals surface area contributed by atoms with E-state index >= 15 is 0 Å². The van der Waals surface area contributed by atoms with E-state index in [1.165, 1.54) is 16.3 Å². The largest absolute Gasteiger partial charge is 0.493 e. The molecule has 1 N–H and O–H groups in total. The van der Waals surface area contributed by atoms with Gasteiger partial charge in [0, 0.05) is 30.1 Å². The van der Waals surface area contributed by atoms with Gasteiger partial charge >= 0.3 is 0 Å². The van der Waals surface area contributed by atoms with E-state index in [1.54, 1.807) is 32.4 Å². The molecule has 1 aliphatic rings. The molecule has 0 radical (unpaired) electrons. The Kier molecular flexibility index (Phi) is 6.63. The number of aromatic amines is 1. The lowest BCUT2D eigenvalue weighted by atomic mass is 10.2. The van der Waals surface area contributed by atoms with Crippen molar-refractivity contribution in [3.63, 3.8) is 0 Å². The molecule has 0 aliphatic carbocycles. The van der Waals surface area contributed by atoms with Crippen molar-refractivity contribution in [1.29, 1.82) is 0 Å². The highest BCUT2D eigenvalue weighted by Crippen LogP contribution is 2.32. The molecule has 0 bridgehead atoms. The molecular formula is C26H28N4O5S. The third-order valence-electron chi connectivity index (χ3n) is 6.22. The summed E-state index contributed by atoms with van der Waals surface area (Å²) in [6.07, 6.45) is -0.0401. The second kappa shape index (κ2) is 9.87. The highest BCUT2D eigenvalue weighted by Gasteiger charge is 2.27. The molecule has 1 amide bonds. The van der Waals surface area contributed by atoms with Gasteiger partial charge in [-0.3, -0.25) is 14.2 Å². The van der Waals surface area contributed by atoms with Crippen LogP contribution in [0.4, 0.5) is 0 Å². The van der Waals surface area contributed by atoms with Crippen molar-refractivity contribution in [3.05, 3.63) is 52.8 Å². The molecule has 4 aromatic rings. The SMILES string of the molecule is COc1ccc(-n2c(SCC(=O)N3CC(C)OC(C)C3)nc3c([nH]c4ccccc43)c2=O)cc1OC. The number of aromatic nitrogens is 3. The number of methoxy groups -OCH3 is 2. The summed E-state index contributed by atoms with van der Waals surface area (Å²) < 4.78 is 18.1. The van der Waals surface area contributed by atoms with E-state index < -0.39 is 0 Å². The minimum Gasteiger partial charge on any atom is -0.493 e. The molecule has 0 spiro atoms. The third kappa shape index (κ3) is 4.42. The lowest BCUT2D eigenvalue weighted by Crippen LogP contribution is -2.48. The number of hydrogen-bond donors (Lipinski definition) is 1. The van der Waals surface area contributed by atoms with Crippen molar-refractivity contribution in [2.75, 3.05) is 33.1 Å². The zero-order valence-electron chi connectivity index (χ0n) is 20.6. The predicted molar refractivity (Wildman–Crippen MR) is 140 cm³/mol. The van der Waals surface area contributed by atoms with Crippen molar-refractivity contribution in [2.24, 2.45) is 0 Å². The normalized spacial score (nSPS) is 18.1.